The van der Waals surface area contributed by atoms with Gasteiger partial charge in [-0.15, -0.1) is 0 Å². The fraction of sp³-hybridized carbons (Fsp3) is 0.733. The minimum absolute atomic E-state index is 0.00884. The highest BCUT2D eigenvalue weighted by molar-refractivity contribution is 5.81. The predicted molar refractivity (Wildman–Crippen MR) is 80.4 cm³/mol. The predicted octanol–water partition coefficient (Wildman–Crippen LogP) is 1.80. The highest BCUT2D eigenvalue weighted by Crippen LogP contribution is 2.20. The van der Waals surface area contributed by atoms with Crippen LogP contribution in [0.2, 0.25) is 0 Å². The van der Waals surface area contributed by atoms with Crippen molar-refractivity contribution >= 4 is 11.9 Å². The van der Waals surface area contributed by atoms with E-state index in [0.29, 0.717) is 19.6 Å². The van der Waals surface area contributed by atoms with Gasteiger partial charge in [-0.2, -0.15) is 0 Å². The average molecular weight is 281 g/mol. The maximum absolute atomic E-state index is 12.5. The van der Waals surface area contributed by atoms with Crippen molar-refractivity contribution in [1.82, 2.24) is 14.7 Å². The molecule has 114 valence electrons. The third-order valence-corrected chi connectivity index (χ3v) is 3.58. The van der Waals surface area contributed by atoms with E-state index in [2.05, 4.69) is 6.58 Å². The van der Waals surface area contributed by atoms with Gasteiger partial charge in [0.15, 0.2) is 0 Å². The Hall–Kier alpha value is -1.52. The topological polar surface area (TPSA) is 43.9 Å². The summed E-state index contributed by atoms with van der Waals surface area (Å²) in [5.74, 6) is 0.0682. The molecule has 1 unspecified atom stereocenters. The molecule has 20 heavy (non-hydrogen) atoms. The Bertz CT molecular complexity index is 379. The number of amides is 3. The zero-order chi connectivity index (χ0) is 15.3. The molecule has 1 heterocycles. The Kier molecular flexibility index (Phi) is 6.05. The first kappa shape index (κ1) is 16.5. The van der Waals surface area contributed by atoms with E-state index in [1.54, 1.807) is 23.9 Å². The van der Waals surface area contributed by atoms with E-state index in [9.17, 15) is 9.59 Å². The Morgan fingerprint density at radius 3 is 2.50 bits per heavy atom. The number of nitrogens with zero attached hydrogens (tertiary/aromatic N) is 3. The molecule has 3 amide bonds. The summed E-state index contributed by atoms with van der Waals surface area (Å²) in [5, 5.41) is 0. The molecule has 1 saturated heterocycles. The van der Waals surface area contributed by atoms with Crippen LogP contribution in [0.4, 0.5) is 4.79 Å². The molecule has 1 atom stereocenters. The van der Waals surface area contributed by atoms with Crippen molar-refractivity contribution in [1.29, 1.82) is 0 Å². The monoisotopic (exact) mass is 281 g/mol. The summed E-state index contributed by atoms with van der Waals surface area (Å²) in [6.45, 7) is 10.3. The standard InChI is InChI=1S/C15H27N3O2/c1-6-17(10-12(2)3)14(19)13-8-7-9-18(11-13)15(20)16(4)5/h13H,2,6-11H2,1,3-5H3. The number of carbonyl (C=O) groups excluding carboxylic acids is 2. The summed E-state index contributed by atoms with van der Waals surface area (Å²) >= 11 is 0. The van der Waals surface area contributed by atoms with Gasteiger partial charge in [0.2, 0.25) is 5.91 Å². The maximum atomic E-state index is 12.5. The van der Waals surface area contributed by atoms with Gasteiger partial charge >= 0.3 is 6.03 Å². The van der Waals surface area contributed by atoms with E-state index in [0.717, 1.165) is 25.0 Å². The summed E-state index contributed by atoms with van der Waals surface area (Å²) < 4.78 is 0. The molecule has 1 aliphatic rings. The summed E-state index contributed by atoms with van der Waals surface area (Å²) in [6, 6.07) is -0.00884. The van der Waals surface area contributed by atoms with Gasteiger partial charge < -0.3 is 14.7 Å². The lowest BCUT2D eigenvalue weighted by Crippen LogP contribution is -2.49. The third kappa shape index (κ3) is 4.25. The van der Waals surface area contributed by atoms with Crippen molar-refractivity contribution in [2.75, 3.05) is 40.3 Å². The van der Waals surface area contributed by atoms with Gasteiger partial charge in [0.1, 0.15) is 0 Å². The number of urea groups is 1. The van der Waals surface area contributed by atoms with Crippen LogP contribution in [0.1, 0.15) is 26.7 Å². The Balaban J connectivity index is 2.68. The van der Waals surface area contributed by atoms with Crippen molar-refractivity contribution in [2.45, 2.75) is 26.7 Å². The molecule has 0 saturated carbocycles. The normalized spacial score (nSPS) is 18.6. The molecule has 0 aromatic carbocycles. The number of likely N-dealkylation sites (tertiary alicyclic amines) is 1. The second kappa shape index (κ2) is 7.31. The van der Waals surface area contributed by atoms with Crippen molar-refractivity contribution in [3.63, 3.8) is 0 Å². The zero-order valence-electron chi connectivity index (χ0n) is 13.2. The molecule has 0 aliphatic carbocycles. The van der Waals surface area contributed by atoms with E-state index in [1.165, 1.54) is 0 Å². The van der Waals surface area contributed by atoms with Gasteiger partial charge in [0, 0.05) is 40.3 Å². The summed E-state index contributed by atoms with van der Waals surface area (Å²) in [5.41, 5.74) is 0.984. The molecule has 0 radical (unpaired) electrons. The molecule has 0 N–H and O–H groups in total. The first-order valence-corrected chi connectivity index (χ1v) is 7.26. The van der Waals surface area contributed by atoms with Crippen LogP contribution >= 0.6 is 0 Å². The van der Waals surface area contributed by atoms with Crippen LogP contribution in [0.25, 0.3) is 0 Å². The molecule has 5 nitrogen and oxygen atoms in total. The molecule has 1 fully saturated rings. The van der Waals surface area contributed by atoms with Crippen LogP contribution in [0.5, 0.6) is 0 Å². The number of hydrogen-bond donors (Lipinski definition) is 0. The molecule has 0 spiro atoms. The first-order valence-electron chi connectivity index (χ1n) is 7.26. The quantitative estimate of drug-likeness (QED) is 0.738. The van der Waals surface area contributed by atoms with Gasteiger partial charge in [-0.1, -0.05) is 12.2 Å². The van der Waals surface area contributed by atoms with Gasteiger partial charge in [-0.25, -0.2) is 4.79 Å². The molecular formula is C15H27N3O2. The Labute approximate surface area is 122 Å². The molecule has 1 aliphatic heterocycles. The molecule has 5 heteroatoms. The average Bonchev–Trinajstić information content (AvgIpc) is 2.42. The molecule has 0 aromatic rings. The molecular weight excluding hydrogens is 254 g/mol. The van der Waals surface area contributed by atoms with Crippen molar-refractivity contribution in [2.24, 2.45) is 5.92 Å². The van der Waals surface area contributed by atoms with Crippen LogP contribution in [0.3, 0.4) is 0 Å². The van der Waals surface area contributed by atoms with Crippen molar-refractivity contribution in [3.05, 3.63) is 12.2 Å². The largest absolute Gasteiger partial charge is 0.339 e. The minimum atomic E-state index is -0.0769. The second-order valence-corrected chi connectivity index (χ2v) is 5.77. The zero-order valence-corrected chi connectivity index (χ0v) is 13.2. The lowest BCUT2D eigenvalue weighted by atomic mass is 9.96. The van der Waals surface area contributed by atoms with Crippen LogP contribution < -0.4 is 0 Å². The van der Waals surface area contributed by atoms with Crippen LogP contribution in [0, 0.1) is 5.92 Å². The SMILES string of the molecule is C=C(C)CN(CC)C(=O)C1CCCN(C(=O)N(C)C)C1. The summed E-state index contributed by atoms with van der Waals surface area (Å²) in [6.07, 6.45) is 1.75. The van der Waals surface area contributed by atoms with Gasteiger partial charge in [-0.3, -0.25) is 4.79 Å². The number of carbonyl (C=O) groups is 2. The van der Waals surface area contributed by atoms with E-state index in [4.69, 9.17) is 0 Å². The minimum Gasteiger partial charge on any atom is -0.339 e. The van der Waals surface area contributed by atoms with Crippen molar-refractivity contribution < 1.29 is 9.59 Å². The Morgan fingerprint density at radius 1 is 1.35 bits per heavy atom. The molecule has 1 rings (SSSR count). The summed E-state index contributed by atoms with van der Waals surface area (Å²) in [7, 11) is 3.49. The van der Waals surface area contributed by atoms with Crippen LogP contribution in [0.15, 0.2) is 12.2 Å². The first-order chi connectivity index (χ1) is 9.36. The number of rotatable bonds is 4. The van der Waals surface area contributed by atoms with Crippen molar-refractivity contribution in [3.8, 4) is 0 Å². The number of hydrogen-bond acceptors (Lipinski definition) is 2. The fourth-order valence-corrected chi connectivity index (χ4v) is 2.56. The maximum Gasteiger partial charge on any atom is 0.319 e. The van der Waals surface area contributed by atoms with E-state index >= 15 is 0 Å². The third-order valence-electron chi connectivity index (χ3n) is 3.58. The lowest BCUT2D eigenvalue weighted by molar-refractivity contribution is -0.136. The smallest absolute Gasteiger partial charge is 0.319 e. The molecule has 0 aromatic heterocycles. The van der Waals surface area contributed by atoms with E-state index < -0.39 is 0 Å². The highest BCUT2D eigenvalue weighted by Gasteiger charge is 2.31. The van der Waals surface area contributed by atoms with E-state index in [1.807, 2.05) is 18.7 Å². The second-order valence-electron chi connectivity index (χ2n) is 5.77. The van der Waals surface area contributed by atoms with Gasteiger partial charge in [0.25, 0.3) is 0 Å². The lowest BCUT2D eigenvalue weighted by Gasteiger charge is -2.36. The van der Waals surface area contributed by atoms with Crippen LogP contribution in [-0.4, -0.2) is 66.9 Å². The van der Waals surface area contributed by atoms with Gasteiger partial charge in [0.05, 0.1) is 5.92 Å². The summed E-state index contributed by atoms with van der Waals surface area (Å²) in [4.78, 5) is 29.7. The van der Waals surface area contributed by atoms with Crippen LogP contribution in [-0.2, 0) is 4.79 Å². The fourth-order valence-electron chi connectivity index (χ4n) is 2.56. The number of likely N-dealkylation sites (N-methyl/N-ethyl adjacent to an activating group) is 1. The Morgan fingerprint density at radius 2 is 2.00 bits per heavy atom. The van der Waals surface area contributed by atoms with Gasteiger partial charge in [-0.05, 0) is 26.7 Å². The highest BCUT2D eigenvalue weighted by atomic mass is 16.2. The van der Waals surface area contributed by atoms with E-state index in [-0.39, 0.29) is 17.9 Å². The molecule has 0 bridgehead atoms. The number of piperidine rings is 1.